The molecule has 1 aromatic carbocycles. The van der Waals surface area contributed by atoms with Crippen molar-refractivity contribution in [2.45, 2.75) is 33.2 Å². The topological polar surface area (TPSA) is 88.2 Å². The van der Waals surface area contributed by atoms with Crippen LogP contribution in [0.1, 0.15) is 29.6 Å². The highest BCUT2D eigenvalue weighted by Gasteiger charge is 2.09. The van der Waals surface area contributed by atoms with Gasteiger partial charge in [0, 0.05) is 41.2 Å². The summed E-state index contributed by atoms with van der Waals surface area (Å²) in [5, 5.41) is 12.3. The summed E-state index contributed by atoms with van der Waals surface area (Å²) in [6.45, 7) is 5.97. The average molecular weight is 419 g/mol. The molecule has 0 atom stereocenters. The molecular weight excluding hydrogens is 396 g/mol. The Kier molecular flexibility index (Phi) is 7.39. The van der Waals surface area contributed by atoms with Crippen LogP contribution in [0.5, 0.6) is 0 Å². The van der Waals surface area contributed by atoms with Crippen LogP contribution in [0.4, 0.5) is 0 Å². The summed E-state index contributed by atoms with van der Waals surface area (Å²) in [5.74, 6) is 1.65. The Labute approximate surface area is 173 Å². The van der Waals surface area contributed by atoms with Gasteiger partial charge in [0.15, 0.2) is 5.96 Å². The molecular formula is C19H23ClN6OS. The number of aliphatic imine (C=N–C) groups is 1. The first-order valence-electron chi connectivity index (χ1n) is 9.22. The highest BCUT2D eigenvalue weighted by atomic mass is 35.5. The van der Waals surface area contributed by atoms with Gasteiger partial charge in [-0.25, -0.2) is 9.98 Å². The first kappa shape index (κ1) is 20.3. The number of aryl methyl sites for hydroxylation is 1. The standard InChI is InChI=1S/C19H23ClN6OS/c1-3-15-11-23-17(28-15)8-9-22-19(21-4-2)24-12-16-25-18(26-27-16)13-6-5-7-14(20)10-13/h5-7,10-11H,3-4,8-9,12H2,1-2H3,(H2,21,22,24). The lowest BCUT2D eigenvalue weighted by Crippen LogP contribution is -2.38. The van der Waals surface area contributed by atoms with Crippen molar-refractivity contribution in [3.63, 3.8) is 0 Å². The van der Waals surface area contributed by atoms with Gasteiger partial charge in [-0.3, -0.25) is 0 Å². The van der Waals surface area contributed by atoms with Crippen molar-refractivity contribution in [1.82, 2.24) is 25.8 Å². The lowest BCUT2D eigenvalue weighted by molar-refractivity contribution is 0.380. The molecule has 3 rings (SSSR count). The molecule has 0 aliphatic heterocycles. The van der Waals surface area contributed by atoms with E-state index in [0.29, 0.717) is 29.2 Å². The summed E-state index contributed by atoms with van der Waals surface area (Å²) in [6.07, 6.45) is 3.83. The third kappa shape index (κ3) is 5.77. The zero-order valence-electron chi connectivity index (χ0n) is 15.9. The van der Waals surface area contributed by atoms with Gasteiger partial charge >= 0.3 is 0 Å². The van der Waals surface area contributed by atoms with Gasteiger partial charge in [0.2, 0.25) is 11.7 Å². The lowest BCUT2D eigenvalue weighted by atomic mass is 10.2. The van der Waals surface area contributed by atoms with Crippen LogP contribution in [0.2, 0.25) is 5.02 Å². The summed E-state index contributed by atoms with van der Waals surface area (Å²) in [7, 11) is 0. The number of thiazole rings is 1. The summed E-state index contributed by atoms with van der Waals surface area (Å²) in [4.78, 5) is 14.6. The summed E-state index contributed by atoms with van der Waals surface area (Å²) >= 11 is 7.77. The number of benzene rings is 1. The van der Waals surface area contributed by atoms with Crippen LogP contribution in [-0.4, -0.2) is 34.2 Å². The molecule has 2 aromatic heterocycles. The van der Waals surface area contributed by atoms with E-state index in [2.05, 4.69) is 37.7 Å². The second-order valence-corrected chi connectivity index (χ2v) is 7.60. The fourth-order valence-corrected chi connectivity index (χ4v) is 3.52. The van der Waals surface area contributed by atoms with E-state index in [1.165, 1.54) is 4.88 Å². The summed E-state index contributed by atoms with van der Waals surface area (Å²) < 4.78 is 5.30. The molecule has 0 aliphatic carbocycles. The Hall–Kier alpha value is -2.45. The maximum atomic E-state index is 6.01. The van der Waals surface area contributed by atoms with Crippen molar-refractivity contribution in [2.24, 2.45) is 4.99 Å². The molecule has 0 unspecified atom stereocenters. The van der Waals surface area contributed by atoms with Crippen LogP contribution < -0.4 is 10.6 Å². The van der Waals surface area contributed by atoms with E-state index in [-0.39, 0.29) is 0 Å². The maximum Gasteiger partial charge on any atom is 0.248 e. The molecule has 0 bridgehead atoms. The summed E-state index contributed by atoms with van der Waals surface area (Å²) in [5.41, 5.74) is 0.811. The Morgan fingerprint density at radius 1 is 1.29 bits per heavy atom. The van der Waals surface area contributed by atoms with E-state index in [1.807, 2.05) is 25.3 Å². The van der Waals surface area contributed by atoms with E-state index >= 15 is 0 Å². The molecule has 0 radical (unpaired) electrons. The van der Waals surface area contributed by atoms with E-state index < -0.39 is 0 Å². The number of aromatic nitrogens is 3. The van der Waals surface area contributed by atoms with Crippen LogP contribution in [0.15, 0.2) is 40.0 Å². The number of hydrogen-bond acceptors (Lipinski definition) is 6. The molecule has 7 nitrogen and oxygen atoms in total. The van der Waals surface area contributed by atoms with Gasteiger partial charge < -0.3 is 15.2 Å². The monoisotopic (exact) mass is 418 g/mol. The maximum absolute atomic E-state index is 6.01. The molecule has 148 valence electrons. The van der Waals surface area contributed by atoms with Crippen LogP contribution in [0, 0.1) is 0 Å². The smallest absolute Gasteiger partial charge is 0.248 e. The lowest BCUT2D eigenvalue weighted by Gasteiger charge is -2.09. The van der Waals surface area contributed by atoms with E-state index in [1.54, 1.807) is 23.5 Å². The number of nitrogens with zero attached hydrogens (tertiary/aromatic N) is 4. The number of nitrogens with one attached hydrogen (secondary N) is 2. The number of halogens is 1. The van der Waals surface area contributed by atoms with E-state index in [4.69, 9.17) is 16.1 Å². The molecule has 0 saturated heterocycles. The van der Waals surface area contributed by atoms with Crippen molar-refractivity contribution < 1.29 is 4.52 Å². The quantitative estimate of drug-likeness (QED) is 0.428. The average Bonchev–Trinajstić information content (AvgIpc) is 3.35. The minimum Gasteiger partial charge on any atom is -0.357 e. The van der Waals surface area contributed by atoms with Gasteiger partial charge in [-0.05, 0) is 25.5 Å². The molecule has 2 heterocycles. The Morgan fingerprint density at radius 2 is 2.18 bits per heavy atom. The molecule has 0 aliphatic rings. The van der Waals surface area contributed by atoms with Gasteiger partial charge in [-0.15, -0.1) is 11.3 Å². The summed E-state index contributed by atoms with van der Waals surface area (Å²) in [6, 6.07) is 7.34. The molecule has 9 heteroatoms. The van der Waals surface area contributed by atoms with Crippen molar-refractivity contribution >= 4 is 28.9 Å². The van der Waals surface area contributed by atoms with Crippen LogP contribution in [-0.2, 0) is 19.4 Å². The van der Waals surface area contributed by atoms with Gasteiger partial charge in [-0.2, -0.15) is 4.98 Å². The molecule has 0 fully saturated rings. The van der Waals surface area contributed by atoms with Crippen molar-refractivity contribution in [1.29, 1.82) is 0 Å². The Balaban J connectivity index is 1.56. The predicted molar refractivity (Wildman–Crippen MR) is 113 cm³/mol. The number of rotatable bonds is 8. The van der Waals surface area contributed by atoms with Crippen molar-refractivity contribution in [3.05, 3.63) is 51.3 Å². The molecule has 0 amide bonds. The van der Waals surface area contributed by atoms with Gasteiger partial charge in [0.05, 0.1) is 5.01 Å². The Bertz CT molecular complexity index is 923. The van der Waals surface area contributed by atoms with Crippen LogP contribution >= 0.6 is 22.9 Å². The minimum atomic E-state index is 0.292. The van der Waals surface area contributed by atoms with Crippen LogP contribution in [0.25, 0.3) is 11.4 Å². The largest absolute Gasteiger partial charge is 0.357 e. The van der Waals surface area contributed by atoms with E-state index in [9.17, 15) is 0 Å². The van der Waals surface area contributed by atoms with Crippen molar-refractivity contribution in [3.8, 4) is 11.4 Å². The normalized spacial score (nSPS) is 11.6. The van der Waals surface area contributed by atoms with Crippen LogP contribution in [0.3, 0.4) is 0 Å². The first-order chi connectivity index (χ1) is 13.7. The third-order valence-corrected chi connectivity index (χ3v) is 5.29. The second-order valence-electron chi connectivity index (χ2n) is 5.97. The van der Waals surface area contributed by atoms with E-state index in [0.717, 1.165) is 36.5 Å². The van der Waals surface area contributed by atoms with Gasteiger partial charge in [0.25, 0.3) is 0 Å². The fraction of sp³-hybridized carbons (Fsp3) is 0.368. The third-order valence-electron chi connectivity index (χ3n) is 3.85. The second kappa shape index (κ2) is 10.2. The van der Waals surface area contributed by atoms with Crippen molar-refractivity contribution in [2.75, 3.05) is 13.1 Å². The molecule has 2 N–H and O–H groups in total. The number of hydrogen-bond donors (Lipinski definition) is 2. The highest BCUT2D eigenvalue weighted by Crippen LogP contribution is 2.20. The first-order valence-corrected chi connectivity index (χ1v) is 10.4. The number of guanidine groups is 1. The SMILES string of the molecule is CCNC(=NCc1nc(-c2cccc(Cl)c2)no1)NCCc1ncc(CC)s1. The minimum absolute atomic E-state index is 0.292. The molecule has 0 saturated carbocycles. The fourth-order valence-electron chi connectivity index (χ4n) is 2.47. The molecule has 28 heavy (non-hydrogen) atoms. The molecule has 0 spiro atoms. The Morgan fingerprint density at radius 3 is 2.93 bits per heavy atom. The predicted octanol–water partition coefficient (Wildman–Crippen LogP) is 3.71. The van der Waals surface area contributed by atoms with Gasteiger partial charge in [-0.1, -0.05) is 35.8 Å². The molecule has 3 aromatic rings. The van der Waals surface area contributed by atoms with Gasteiger partial charge in [0.1, 0.15) is 6.54 Å². The highest BCUT2D eigenvalue weighted by molar-refractivity contribution is 7.11. The zero-order valence-corrected chi connectivity index (χ0v) is 17.5. The zero-order chi connectivity index (χ0) is 19.8.